The standard InChI is InChI=1S/C26H40N2O8.C9H20O3.2ClH.Pt/c1-3-29-9-11-31-13-15-33-17-19-35-23-5-7-27-25(21-23)26-22-24(6-8-28-26)36-20-18-34-16-14-32-12-10-30-4-2;1-3-5-11-8-9-12-7-6-10-4-2;;;/h5-8,21-22H,3-4,9-20H2,1-2H3;3-9H2,1-2H3;2*1H;/q;;;;+2/p-2. The Morgan fingerprint density at radius 2 is 0.706 bits per heavy atom. The van der Waals surface area contributed by atoms with E-state index >= 15 is 0 Å². The number of halogens is 2. The summed E-state index contributed by atoms with van der Waals surface area (Å²) in [5, 5.41) is 0. The quantitative estimate of drug-likeness (QED) is 0.0812. The van der Waals surface area contributed by atoms with Gasteiger partial charge in [-0.3, -0.25) is 9.97 Å². The zero-order valence-corrected chi connectivity index (χ0v) is 34.6. The molecule has 2 heterocycles. The minimum atomic E-state index is -0.472. The zero-order chi connectivity index (χ0) is 37.3. The van der Waals surface area contributed by atoms with E-state index in [-0.39, 0.29) is 0 Å². The van der Waals surface area contributed by atoms with Gasteiger partial charge in [0.1, 0.15) is 24.7 Å². The molecule has 0 aromatic carbocycles. The van der Waals surface area contributed by atoms with Gasteiger partial charge < -0.3 is 52.1 Å². The van der Waals surface area contributed by atoms with Crippen LogP contribution in [0.2, 0.25) is 0 Å². The van der Waals surface area contributed by atoms with Gasteiger partial charge in [0.25, 0.3) is 0 Å². The van der Waals surface area contributed by atoms with E-state index in [0.717, 1.165) is 19.6 Å². The molecule has 0 saturated carbocycles. The van der Waals surface area contributed by atoms with E-state index in [0.29, 0.717) is 142 Å². The van der Waals surface area contributed by atoms with E-state index < -0.39 is 16.5 Å². The van der Waals surface area contributed by atoms with Crippen molar-refractivity contribution < 1.29 is 68.6 Å². The Bertz CT molecular complexity index is 917. The summed E-state index contributed by atoms with van der Waals surface area (Å²) in [5.74, 6) is 1.39. The van der Waals surface area contributed by atoms with E-state index in [1.54, 1.807) is 24.5 Å². The zero-order valence-electron chi connectivity index (χ0n) is 30.8. The summed E-state index contributed by atoms with van der Waals surface area (Å²) in [4.78, 5) is 8.81. The third kappa shape index (κ3) is 34.3. The molecule has 0 atom stereocenters. The van der Waals surface area contributed by atoms with Crippen molar-refractivity contribution in [2.24, 2.45) is 0 Å². The van der Waals surface area contributed by atoms with E-state index in [1.807, 2.05) is 32.9 Å². The summed E-state index contributed by atoms with van der Waals surface area (Å²) < 4.78 is 59.4. The first-order valence-electron chi connectivity index (χ1n) is 17.4. The molecular weight excluding hydrogens is 890 g/mol. The van der Waals surface area contributed by atoms with Crippen LogP contribution < -0.4 is 9.47 Å². The Kier molecular flexibility index (Phi) is 40.6. The Labute approximate surface area is 321 Å². The van der Waals surface area contributed by atoms with Crippen LogP contribution in [-0.2, 0) is 59.1 Å². The summed E-state index contributed by atoms with van der Waals surface area (Å²) in [6.07, 6.45) is 4.45. The third-order valence-electron chi connectivity index (χ3n) is 5.91. The maximum absolute atomic E-state index is 5.78. The topological polar surface area (TPSA) is 127 Å². The van der Waals surface area contributed by atoms with Crippen LogP contribution in [0.25, 0.3) is 11.4 Å². The van der Waals surface area contributed by atoms with Crippen molar-refractivity contribution in [2.45, 2.75) is 34.1 Å². The number of rotatable bonds is 32. The van der Waals surface area contributed by atoms with Crippen LogP contribution in [0, 0.1) is 0 Å². The first-order chi connectivity index (χ1) is 25.2. The summed E-state index contributed by atoms with van der Waals surface area (Å²) in [6.45, 7) is 19.9. The van der Waals surface area contributed by atoms with Crippen molar-refractivity contribution in [2.75, 3.05) is 132 Å². The van der Waals surface area contributed by atoms with Gasteiger partial charge in [0, 0.05) is 51.0 Å². The van der Waals surface area contributed by atoms with Crippen LogP contribution in [0.1, 0.15) is 34.1 Å². The molecule has 0 bridgehead atoms. The molecule has 16 heteroatoms. The van der Waals surface area contributed by atoms with Crippen molar-refractivity contribution in [3.63, 3.8) is 0 Å². The molecular formula is C35H60Cl2N2O11Pt. The summed E-state index contributed by atoms with van der Waals surface area (Å²) in [7, 11) is 9.75. The fourth-order valence-electron chi connectivity index (χ4n) is 3.62. The Morgan fingerprint density at radius 1 is 0.431 bits per heavy atom. The number of aromatic nitrogens is 2. The van der Waals surface area contributed by atoms with Gasteiger partial charge in [0.05, 0.1) is 104 Å². The van der Waals surface area contributed by atoms with Crippen molar-refractivity contribution in [1.29, 1.82) is 0 Å². The fourth-order valence-corrected chi connectivity index (χ4v) is 3.62. The van der Waals surface area contributed by atoms with Gasteiger partial charge in [-0.25, -0.2) is 0 Å². The second-order valence-corrected chi connectivity index (χ2v) is 13.0. The third-order valence-corrected chi connectivity index (χ3v) is 5.91. The molecule has 2 aromatic heterocycles. The minimum absolute atomic E-state index is 0.427. The van der Waals surface area contributed by atoms with Gasteiger partial charge in [-0.05, 0) is 39.3 Å². The summed E-state index contributed by atoms with van der Waals surface area (Å²) >= 11 is -0.472. The molecule has 0 saturated heterocycles. The summed E-state index contributed by atoms with van der Waals surface area (Å²) in [5.41, 5.74) is 1.39. The molecule has 0 N–H and O–H groups in total. The van der Waals surface area contributed by atoms with Gasteiger partial charge >= 0.3 is 35.3 Å². The average molecular weight is 951 g/mol. The van der Waals surface area contributed by atoms with Crippen LogP contribution >= 0.6 is 18.8 Å². The molecule has 300 valence electrons. The number of nitrogens with zero attached hydrogens (tertiary/aromatic N) is 2. The van der Waals surface area contributed by atoms with Crippen molar-refractivity contribution in [1.82, 2.24) is 9.97 Å². The van der Waals surface area contributed by atoms with Gasteiger partial charge in [0.2, 0.25) is 0 Å². The van der Waals surface area contributed by atoms with E-state index in [1.165, 1.54) is 0 Å². The first-order valence-corrected chi connectivity index (χ1v) is 23.0. The van der Waals surface area contributed by atoms with Crippen LogP contribution in [0.3, 0.4) is 0 Å². The molecule has 2 rings (SSSR count). The molecule has 0 radical (unpaired) electrons. The molecule has 0 aliphatic carbocycles. The second-order valence-electron chi connectivity index (χ2n) is 9.76. The number of hydrogen-bond donors (Lipinski definition) is 0. The molecule has 0 spiro atoms. The van der Waals surface area contributed by atoms with Crippen LogP contribution in [0.5, 0.6) is 11.5 Å². The molecule has 13 nitrogen and oxygen atoms in total. The molecule has 0 unspecified atom stereocenters. The van der Waals surface area contributed by atoms with Crippen LogP contribution in [0.4, 0.5) is 0 Å². The number of ether oxygens (including phenoxy) is 11. The van der Waals surface area contributed by atoms with Crippen molar-refractivity contribution in [3.8, 4) is 22.9 Å². The normalized spacial score (nSPS) is 10.7. The Morgan fingerprint density at radius 3 is 1.00 bits per heavy atom. The first kappa shape index (κ1) is 49.8. The van der Waals surface area contributed by atoms with E-state index in [4.69, 9.17) is 70.9 Å². The average Bonchev–Trinajstić information content (AvgIpc) is 3.15. The number of hydrogen-bond acceptors (Lipinski definition) is 13. The van der Waals surface area contributed by atoms with E-state index in [2.05, 4.69) is 16.9 Å². The van der Waals surface area contributed by atoms with Gasteiger partial charge in [-0.2, -0.15) is 0 Å². The Hall–Kier alpha value is -1.19. The SMILES string of the molecule is CCCOCCOCCOCC.CCOCCOCCOCCOc1ccnc(-c2cc(OCCOCCOCCOCC)ccn2)c1.[Cl][Pt][Cl]. The molecule has 51 heavy (non-hydrogen) atoms. The van der Waals surface area contributed by atoms with Crippen LogP contribution in [-0.4, -0.2) is 142 Å². The molecule has 0 aliphatic rings. The van der Waals surface area contributed by atoms with Gasteiger partial charge in [0.15, 0.2) is 0 Å². The van der Waals surface area contributed by atoms with E-state index in [9.17, 15) is 0 Å². The molecule has 2 aromatic rings. The van der Waals surface area contributed by atoms with Crippen LogP contribution in [0.15, 0.2) is 36.7 Å². The van der Waals surface area contributed by atoms with Gasteiger partial charge in [-0.1, -0.05) is 6.92 Å². The molecule has 0 amide bonds. The molecule has 0 aliphatic heterocycles. The molecule has 0 fully saturated rings. The van der Waals surface area contributed by atoms with Gasteiger partial charge in [-0.15, -0.1) is 0 Å². The monoisotopic (exact) mass is 949 g/mol. The summed E-state index contributed by atoms with van der Waals surface area (Å²) in [6, 6.07) is 7.30. The predicted octanol–water partition coefficient (Wildman–Crippen LogP) is 5.88. The Balaban J connectivity index is 0.00000140. The maximum atomic E-state index is 5.78. The number of pyridine rings is 2. The predicted molar refractivity (Wildman–Crippen MR) is 195 cm³/mol. The fraction of sp³-hybridized carbons (Fsp3) is 0.714. The van der Waals surface area contributed by atoms with Crippen molar-refractivity contribution >= 4 is 18.8 Å². The second kappa shape index (κ2) is 41.6. The van der Waals surface area contributed by atoms with Crippen molar-refractivity contribution in [3.05, 3.63) is 36.7 Å².